The molecule has 0 aliphatic heterocycles. The van der Waals surface area contributed by atoms with Crippen molar-refractivity contribution < 1.29 is 29.0 Å². The molecule has 6 heteroatoms. The average molecular weight is 473 g/mol. The molecule has 0 fully saturated rings. The molecule has 4 aromatic carbocycles. The van der Waals surface area contributed by atoms with Crippen LogP contribution < -0.4 is 9.47 Å². The van der Waals surface area contributed by atoms with Crippen molar-refractivity contribution in [1.29, 1.82) is 0 Å². The predicted octanol–water partition coefficient (Wildman–Crippen LogP) is 6.54. The number of hydrogen-bond donors (Lipinski definition) is 1. The van der Waals surface area contributed by atoms with Crippen LogP contribution in [0.2, 0.25) is 0 Å². The van der Waals surface area contributed by atoms with E-state index in [4.69, 9.17) is 14.6 Å². The maximum absolute atomic E-state index is 11.6. The second kappa shape index (κ2) is 16.0. The minimum absolute atomic E-state index is 0. The van der Waals surface area contributed by atoms with Crippen LogP contribution in [0.1, 0.15) is 35.1 Å². The molecule has 180 valence electrons. The Bertz CT molecular complexity index is 1140. The van der Waals surface area contributed by atoms with E-state index < -0.39 is 5.97 Å². The van der Waals surface area contributed by atoms with E-state index in [9.17, 15) is 14.4 Å². The zero-order chi connectivity index (χ0) is 24.6. The topological polar surface area (TPSA) is 89.9 Å². The number of hydrogen-bond acceptors (Lipinski definition) is 5. The molecule has 0 unspecified atom stereocenters. The molecule has 35 heavy (non-hydrogen) atoms. The summed E-state index contributed by atoms with van der Waals surface area (Å²) in [6.07, 6.45) is 0. The number of rotatable bonds is 4. The summed E-state index contributed by atoms with van der Waals surface area (Å²) in [7, 11) is 0. The zero-order valence-electron chi connectivity index (χ0n) is 18.5. The normalized spacial score (nSPS) is 8.94. The van der Waals surface area contributed by atoms with Gasteiger partial charge in [-0.3, -0.25) is 4.79 Å². The van der Waals surface area contributed by atoms with Gasteiger partial charge in [0.2, 0.25) is 0 Å². The van der Waals surface area contributed by atoms with Crippen LogP contribution in [0.4, 0.5) is 0 Å². The molecule has 0 aliphatic carbocycles. The predicted molar refractivity (Wildman–Crippen MR) is 136 cm³/mol. The van der Waals surface area contributed by atoms with Crippen LogP contribution in [-0.2, 0) is 4.79 Å². The van der Waals surface area contributed by atoms with Crippen LogP contribution in [-0.4, -0.2) is 23.0 Å². The number of para-hydroxylation sites is 2. The summed E-state index contributed by atoms with van der Waals surface area (Å²) in [4.78, 5) is 32.2. The maximum atomic E-state index is 11.6. The molecule has 0 spiro atoms. The fraction of sp³-hybridized carbons (Fsp3) is 0.0690. The number of carboxylic acids is 1. The molecule has 0 aromatic heterocycles. The molecular formula is C29H28O6. The maximum Gasteiger partial charge on any atom is 0.343 e. The highest BCUT2D eigenvalue weighted by molar-refractivity contribution is 5.91. The van der Waals surface area contributed by atoms with E-state index in [2.05, 4.69) is 0 Å². The molecular weight excluding hydrogens is 444 g/mol. The Balaban J connectivity index is 0.000000271. The van der Waals surface area contributed by atoms with Gasteiger partial charge in [-0.15, -0.1) is 0 Å². The van der Waals surface area contributed by atoms with Gasteiger partial charge >= 0.3 is 17.9 Å². The van der Waals surface area contributed by atoms with Gasteiger partial charge in [-0.1, -0.05) is 80.2 Å². The molecule has 6 nitrogen and oxygen atoms in total. The Morgan fingerprint density at radius 2 is 0.886 bits per heavy atom. The number of ether oxygens (including phenoxy) is 2. The highest BCUT2D eigenvalue weighted by Gasteiger charge is 2.06. The van der Waals surface area contributed by atoms with Crippen molar-refractivity contribution in [1.82, 2.24) is 0 Å². The second-order valence-corrected chi connectivity index (χ2v) is 6.65. The zero-order valence-corrected chi connectivity index (χ0v) is 18.5. The van der Waals surface area contributed by atoms with Crippen molar-refractivity contribution in [3.63, 3.8) is 0 Å². The third-order valence-electron chi connectivity index (χ3n) is 3.99. The quantitative estimate of drug-likeness (QED) is 0.268. The number of esters is 2. The van der Waals surface area contributed by atoms with E-state index in [0.717, 1.165) is 0 Å². The third-order valence-corrected chi connectivity index (χ3v) is 3.99. The Morgan fingerprint density at radius 1 is 0.543 bits per heavy atom. The number of carbonyl (C=O) groups is 3. The summed E-state index contributed by atoms with van der Waals surface area (Å²) in [6, 6.07) is 35.2. The van der Waals surface area contributed by atoms with Gasteiger partial charge in [-0.05, 0) is 48.5 Å². The monoisotopic (exact) mass is 472 g/mol. The molecule has 0 amide bonds. The molecule has 0 radical (unpaired) electrons. The Kier molecular flexibility index (Phi) is 12.9. The molecule has 0 bridgehead atoms. The van der Waals surface area contributed by atoms with Crippen LogP contribution in [0.5, 0.6) is 11.5 Å². The fourth-order valence-corrected chi connectivity index (χ4v) is 2.46. The Morgan fingerprint density at radius 3 is 1.23 bits per heavy atom. The first-order valence-corrected chi connectivity index (χ1v) is 10.3. The summed E-state index contributed by atoms with van der Waals surface area (Å²) >= 11 is 0. The summed E-state index contributed by atoms with van der Waals surface area (Å²) in [5.41, 5.74) is 0.888. The largest absolute Gasteiger partial charge is 0.478 e. The van der Waals surface area contributed by atoms with Crippen LogP contribution >= 0.6 is 0 Å². The summed E-state index contributed by atoms with van der Waals surface area (Å²) < 4.78 is 9.94. The van der Waals surface area contributed by atoms with Crippen LogP contribution in [0.15, 0.2) is 121 Å². The minimum atomic E-state index is -0.879. The average Bonchev–Trinajstić information content (AvgIpc) is 2.87. The highest BCUT2D eigenvalue weighted by atomic mass is 16.5. The summed E-state index contributed by atoms with van der Waals surface area (Å²) in [6.45, 7) is 1.38. The highest BCUT2D eigenvalue weighted by Crippen LogP contribution is 2.11. The van der Waals surface area contributed by atoms with E-state index >= 15 is 0 Å². The smallest absolute Gasteiger partial charge is 0.343 e. The van der Waals surface area contributed by atoms with Gasteiger partial charge in [-0.25, -0.2) is 9.59 Å². The lowest BCUT2D eigenvalue weighted by atomic mass is 10.2. The second-order valence-electron chi connectivity index (χ2n) is 6.65. The minimum Gasteiger partial charge on any atom is -0.478 e. The van der Waals surface area contributed by atoms with Crippen LogP contribution in [0.3, 0.4) is 0 Å². The van der Waals surface area contributed by atoms with E-state index in [1.54, 1.807) is 66.7 Å². The van der Waals surface area contributed by atoms with Gasteiger partial charge < -0.3 is 14.6 Å². The number of benzene rings is 4. The van der Waals surface area contributed by atoms with E-state index in [1.807, 2.05) is 54.6 Å². The summed E-state index contributed by atoms with van der Waals surface area (Å²) in [5.74, 6) is -0.343. The lowest BCUT2D eigenvalue weighted by Gasteiger charge is -2.02. The Hall–Kier alpha value is -4.71. The van der Waals surface area contributed by atoms with Crippen molar-refractivity contribution in [2.24, 2.45) is 0 Å². The molecule has 0 atom stereocenters. The first-order chi connectivity index (χ1) is 16.5. The first-order valence-electron chi connectivity index (χ1n) is 10.3. The molecule has 0 saturated carbocycles. The van der Waals surface area contributed by atoms with Crippen molar-refractivity contribution >= 4 is 17.9 Å². The number of carbonyl (C=O) groups excluding carboxylic acids is 2. The lowest BCUT2D eigenvalue weighted by molar-refractivity contribution is -0.131. The molecule has 4 rings (SSSR count). The van der Waals surface area contributed by atoms with Gasteiger partial charge in [0.25, 0.3) is 0 Å². The molecule has 1 N–H and O–H groups in total. The molecule has 0 heterocycles. The van der Waals surface area contributed by atoms with Crippen molar-refractivity contribution in [2.75, 3.05) is 0 Å². The van der Waals surface area contributed by atoms with Gasteiger partial charge in [0.05, 0.1) is 11.1 Å². The van der Waals surface area contributed by atoms with Crippen molar-refractivity contribution in [3.05, 3.63) is 132 Å². The van der Waals surface area contributed by atoms with E-state index in [-0.39, 0.29) is 19.4 Å². The van der Waals surface area contributed by atoms with Gasteiger partial charge in [0.15, 0.2) is 0 Å². The number of carboxylic acid groups (broad SMARTS) is 1. The molecule has 0 saturated heterocycles. The van der Waals surface area contributed by atoms with Crippen LogP contribution in [0.25, 0.3) is 0 Å². The first kappa shape index (κ1) is 28.3. The van der Waals surface area contributed by atoms with Gasteiger partial charge in [0.1, 0.15) is 11.5 Å². The molecule has 4 aromatic rings. The van der Waals surface area contributed by atoms with Crippen LogP contribution in [0, 0.1) is 0 Å². The van der Waals surface area contributed by atoms with Gasteiger partial charge in [0, 0.05) is 6.92 Å². The van der Waals surface area contributed by atoms with E-state index in [0.29, 0.717) is 22.6 Å². The fourth-order valence-electron chi connectivity index (χ4n) is 2.46. The Labute approximate surface area is 205 Å². The molecule has 0 aliphatic rings. The lowest BCUT2D eigenvalue weighted by Crippen LogP contribution is -2.07. The van der Waals surface area contributed by atoms with E-state index in [1.165, 1.54) is 6.92 Å². The SMILES string of the molecule is C.CC(=O)Oc1ccccc1.O=C(O)c1ccccc1.O=C(Oc1ccccc1)c1ccccc1. The third kappa shape index (κ3) is 11.6. The van der Waals surface area contributed by atoms with Gasteiger partial charge in [-0.2, -0.15) is 0 Å². The number of aromatic carboxylic acids is 1. The van der Waals surface area contributed by atoms with Crippen molar-refractivity contribution in [3.8, 4) is 11.5 Å². The standard InChI is InChI=1S/C13H10O2.C8H8O2.C7H6O2.CH4/c14-13(11-7-3-1-4-8-11)15-12-9-5-2-6-10-12;1-7(9)10-8-5-3-2-4-6-8;8-7(9)6-4-2-1-3-5-6;/h1-10H;2-6H,1H3;1-5H,(H,8,9);1H4. The van der Waals surface area contributed by atoms with Crippen molar-refractivity contribution in [2.45, 2.75) is 14.4 Å². The summed E-state index contributed by atoms with van der Waals surface area (Å²) in [5, 5.41) is 8.38.